The Labute approximate surface area is 246 Å². The molecule has 0 aromatic heterocycles. The van der Waals surface area contributed by atoms with Gasteiger partial charge in [-0.1, -0.05) is 103 Å². The minimum Gasteiger partial charge on any atom is -0.507 e. The van der Waals surface area contributed by atoms with Crippen LogP contribution in [0.5, 0.6) is 11.5 Å². The van der Waals surface area contributed by atoms with Gasteiger partial charge in [0, 0.05) is 12.1 Å². The van der Waals surface area contributed by atoms with Gasteiger partial charge in [0.15, 0.2) is 0 Å². The maximum absolute atomic E-state index is 13.2. The number of methoxy groups -OCH3 is 2. The molecule has 1 amide bonds. The van der Waals surface area contributed by atoms with Crippen molar-refractivity contribution in [3.8, 4) is 11.5 Å². The van der Waals surface area contributed by atoms with E-state index in [1.54, 1.807) is 43.4 Å². The Morgan fingerprint density at radius 2 is 1.12 bits per heavy atom. The molecule has 0 saturated carbocycles. The van der Waals surface area contributed by atoms with E-state index in [9.17, 15) is 14.7 Å². The van der Waals surface area contributed by atoms with Crippen LogP contribution in [0.1, 0.15) is 114 Å². The molecule has 224 valence electrons. The second kappa shape index (κ2) is 17.5. The van der Waals surface area contributed by atoms with Crippen LogP contribution >= 0.6 is 0 Å². The first-order valence-corrected chi connectivity index (χ1v) is 15.6. The standard InChI is InChI=1S/C35H49NO5/c1-4-5-6-7-8-9-10-11-12-13-14-15-16-17-26-36-32(27-18-22-29(40-2)23-19-27)31(34(38)35(36)39)33(37)28-20-24-30(41-3)25-21-28/h18-25,32,37H,4-17,26H2,1-3H3. The van der Waals surface area contributed by atoms with Crippen LogP contribution in [0, 0.1) is 0 Å². The third-order valence-electron chi connectivity index (χ3n) is 8.09. The van der Waals surface area contributed by atoms with Crippen LogP contribution in [0.25, 0.3) is 5.76 Å². The summed E-state index contributed by atoms with van der Waals surface area (Å²) < 4.78 is 10.5. The minimum absolute atomic E-state index is 0.121. The van der Waals surface area contributed by atoms with E-state index in [1.165, 1.54) is 70.6 Å². The number of carbonyl (C=O) groups is 2. The van der Waals surface area contributed by atoms with E-state index in [0.29, 0.717) is 23.6 Å². The molecule has 1 unspecified atom stereocenters. The van der Waals surface area contributed by atoms with E-state index in [-0.39, 0.29) is 11.3 Å². The Hall–Kier alpha value is -3.28. The summed E-state index contributed by atoms with van der Waals surface area (Å²) in [5, 5.41) is 11.2. The summed E-state index contributed by atoms with van der Waals surface area (Å²) in [4.78, 5) is 28.1. The van der Waals surface area contributed by atoms with E-state index in [2.05, 4.69) is 6.92 Å². The molecule has 41 heavy (non-hydrogen) atoms. The van der Waals surface area contributed by atoms with Crippen molar-refractivity contribution < 1.29 is 24.2 Å². The summed E-state index contributed by atoms with van der Waals surface area (Å²) in [7, 11) is 3.17. The quantitative estimate of drug-likeness (QED) is 0.0801. The van der Waals surface area contributed by atoms with Crippen molar-refractivity contribution in [2.24, 2.45) is 0 Å². The molecule has 0 radical (unpaired) electrons. The summed E-state index contributed by atoms with van der Waals surface area (Å²) >= 11 is 0. The zero-order chi connectivity index (χ0) is 29.5. The van der Waals surface area contributed by atoms with Crippen molar-refractivity contribution in [3.63, 3.8) is 0 Å². The highest BCUT2D eigenvalue weighted by Crippen LogP contribution is 2.40. The molecule has 0 aliphatic carbocycles. The zero-order valence-corrected chi connectivity index (χ0v) is 25.3. The lowest BCUT2D eigenvalue weighted by atomic mass is 9.95. The molecule has 0 spiro atoms. The number of aliphatic hydroxyl groups is 1. The van der Waals surface area contributed by atoms with Crippen LogP contribution in [0.15, 0.2) is 54.1 Å². The number of ether oxygens (including phenoxy) is 2. The lowest BCUT2D eigenvalue weighted by molar-refractivity contribution is -0.139. The third-order valence-corrected chi connectivity index (χ3v) is 8.09. The first-order valence-electron chi connectivity index (χ1n) is 15.6. The lowest BCUT2D eigenvalue weighted by Crippen LogP contribution is -2.30. The smallest absolute Gasteiger partial charge is 0.295 e. The van der Waals surface area contributed by atoms with Crippen molar-refractivity contribution >= 4 is 17.4 Å². The Morgan fingerprint density at radius 1 is 0.683 bits per heavy atom. The van der Waals surface area contributed by atoms with Crippen LogP contribution in [-0.2, 0) is 9.59 Å². The number of aliphatic hydroxyl groups excluding tert-OH is 1. The largest absolute Gasteiger partial charge is 0.507 e. The topological polar surface area (TPSA) is 76.1 Å². The average Bonchev–Trinajstić information content (AvgIpc) is 3.26. The van der Waals surface area contributed by atoms with Gasteiger partial charge in [0.25, 0.3) is 11.7 Å². The second-order valence-electron chi connectivity index (χ2n) is 11.1. The van der Waals surface area contributed by atoms with E-state index in [1.807, 2.05) is 24.3 Å². The fourth-order valence-corrected chi connectivity index (χ4v) is 5.62. The van der Waals surface area contributed by atoms with Gasteiger partial charge >= 0.3 is 0 Å². The fraction of sp³-hybridized carbons (Fsp3) is 0.543. The van der Waals surface area contributed by atoms with Crippen LogP contribution in [0.2, 0.25) is 0 Å². The van der Waals surface area contributed by atoms with Gasteiger partial charge in [-0.15, -0.1) is 0 Å². The fourth-order valence-electron chi connectivity index (χ4n) is 5.62. The molecule has 1 heterocycles. The molecule has 1 fully saturated rings. The molecule has 6 heteroatoms. The van der Waals surface area contributed by atoms with Crippen molar-refractivity contribution in [2.45, 2.75) is 103 Å². The molecule has 1 aliphatic heterocycles. The number of carbonyl (C=O) groups excluding carboxylic acids is 2. The summed E-state index contributed by atoms with van der Waals surface area (Å²) in [6, 6.07) is 13.5. The molecule has 2 aromatic rings. The van der Waals surface area contributed by atoms with E-state index in [4.69, 9.17) is 9.47 Å². The van der Waals surface area contributed by atoms with Crippen LogP contribution in [0.4, 0.5) is 0 Å². The van der Waals surface area contributed by atoms with Crippen LogP contribution < -0.4 is 9.47 Å². The molecule has 0 bridgehead atoms. The lowest BCUT2D eigenvalue weighted by Gasteiger charge is -2.25. The molecule has 2 aromatic carbocycles. The van der Waals surface area contributed by atoms with E-state index >= 15 is 0 Å². The van der Waals surface area contributed by atoms with Gasteiger partial charge in [-0.2, -0.15) is 0 Å². The molecule has 1 saturated heterocycles. The van der Waals surface area contributed by atoms with E-state index < -0.39 is 17.7 Å². The van der Waals surface area contributed by atoms with Crippen molar-refractivity contribution in [1.82, 2.24) is 4.90 Å². The highest BCUT2D eigenvalue weighted by Gasteiger charge is 2.45. The molecule has 6 nitrogen and oxygen atoms in total. The molecule has 1 atom stereocenters. The Bertz CT molecular complexity index is 1110. The highest BCUT2D eigenvalue weighted by atomic mass is 16.5. The Kier molecular flexibility index (Phi) is 13.8. The van der Waals surface area contributed by atoms with Gasteiger partial charge in [0.2, 0.25) is 0 Å². The number of hydrogen-bond acceptors (Lipinski definition) is 5. The van der Waals surface area contributed by atoms with Crippen LogP contribution in [0.3, 0.4) is 0 Å². The summed E-state index contributed by atoms with van der Waals surface area (Å²) in [5.74, 6) is -0.0466. The maximum Gasteiger partial charge on any atom is 0.295 e. The summed E-state index contributed by atoms with van der Waals surface area (Å²) in [6.07, 6.45) is 17.6. The molecule has 3 rings (SSSR count). The van der Waals surface area contributed by atoms with Gasteiger partial charge in [-0.25, -0.2) is 0 Å². The number of amides is 1. The predicted molar refractivity (Wildman–Crippen MR) is 165 cm³/mol. The van der Waals surface area contributed by atoms with E-state index in [0.717, 1.165) is 24.8 Å². The van der Waals surface area contributed by atoms with Gasteiger partial charge in [0.1, 0.15) is 17.3 Å². The van der Waals surface area contributed by atoms with Gasteiger partial charge < -0.3 is 19.5 Å². The molecule has 1 N–H and O–H groups in total. The Morgan fingerprint density at radius 3 is 1.59 bits per heavy atom. The van der Waals surface area contributed by atoms with Crippen LogP contribution in [-0.4, -0.2) is 42.5 Å². The van der Waals surface area contributed by atoms with Gasteiger partial charge in [-0.3, -0.25) is 9.59 Å². The highest BCUT2D eigenvalue weighted by molar-refractivity contribution is 6.46. The minimum atomic E-state index is -0.649. The van der Waals surface area contributed by atoms with Gasteiger partial charge in [-0.05, 0) is 48.4 Å². The number of likely N-dealkylation sites (tertiary alicyclic amines) is 1. The van der Waals surface area contributed by atoms with Crippen molar-refractivity contribution in [3.05, 3.63) is 65.2 Å². The van der Waals surface area contributed by atoms with Crippen molar-refractivity contribution in [1.29, 1.82) is 0 Å². The number of unbranched alkanes of at least 4 members (excludes halogenated alkanes) is 13. The molecule has 1 aliphatic rings. The second-order valence-corrected chi connectivity index (χ2v) is 11.1. The average molecular weight is 564 g/mol. The first kappa shape index (κ1) is 32.2. The van der Waals surface area contributed by atoms with Crippen molar-refractivity contribution in [2.75, 3.05) is 20.8 Å². The number of benzene rings is 2. The monoisotopic (exact) mass is 563 g/mol. The third kappa shape index (κ3) is 9.37. The SMILES string of the molecule is CCCCCCCCCCCCCCCCN1C(=O)C(=O)C(=C(O)c2ccc(OC)cc2)C1c1ccc(OC)cc1. The molecular weight excluding hydrogens is 514 g/mol. The number of hydrogen-bond donors (Lipinski definition) is 1. The summed E-state index contributed by atoms with van der Waals surface area (Å²) in [5.41, 5.74) is 1.36. The number of Topliss-reactive ketones (excluding diaryl/α,β-unsaturated/α-hetero) is 1. The summed E-state index contributed by atoms with van der Waals surface area (Å²) in [6.45, 7) is 2.73. The maximum atomic E-state index is 13.2. The number of ketones is 1. The Balaban J connectivity index is 1.56. The number of rotatable bonds is 19. The first-order chi connectivity index (χ1) is 20.0. The van der Waals surface area contributed by atoms with Gasteiger partial charge in [0.05, 0.1) is 25.8 Å². The predicted octanol–water partition coefficient (Wildman–Crippen LogP) is 8.61. The number of nitrogens with zero attached hydrogens (tertiary/aromatic N) is 1. The molecular formula is C35H49NO5. The zero-order valence-electron chi connectivity index (χ0n) is 25.3. The normalized spacial score (nSPS) is 16.4.